The Balaban J connectivity index is 4.87. The zero-order chi connectivity index (χ0) is 14.8. The van der Waals surface area contributed by atoms with Crippen molar-refractivity contribution < 1.29 is 14.0 Å². The first kappa shape index (κ1) is 16.9. The Morgan fingerprint density at radius 1 is 1.17 bits per heavy atom. The molecule has 0 aliphatic rings. The molecule has 0 saturated carbocycles. The van der Waals surface area contributed by atoms with Gasteiger partial charge < -0.3 is 9.74 Å². The predicted molar refractivity (Wildman–Crippen MR) is 75.7 cm³/mol. The molecule has 0 spiro atoms. The van der Waals surface area contributed by atoms with E-state index < -0.39 is 19.8 Å². The molecule has 0 bridgehead atoms. The van der Waals surface area contributed by atoms with Crippen LogP contribution in [-0.4, -0.2) is 25.7 Å². The maximum atomic E-state index is 12.1. The van der Waals surface area contributed by atoms with E-state index in [1.807, 2.05) is 13.1 Å². The number of rotatable bonds is 4. The third kappa shape index (κ3) is 4.29. The van der Waals surface area contributed by atoms with Crippen LogP contribution in [0.5, 0.6) is 0 Å². The topological polar surface area (TPSA) is 55.4 Å². The average molecular weight is 271 g/mol. The summed E-state index contributed by atoms with van der Waals surface area (Å²) in [7, 11) is -2.17. The molecule has 0 aliphatic carbocycles. The minimum atomic E-state index is -2.17. The number of hydrogen-bond acceptors (Lipinski definition) is 3. The number of hydrogen-bond donors (Lipinski definition) is 1. The van der Waals surface area contributed by atoms with Crippen molar-refractivity contribution in [2.75, 3.05) is 0 Å². The lowest BCUT2D eigenvalue weighted by atomic mass is 10.1. The van der Waals surface area contributed by atoms with E-state index in [0.717, 1.165) is 6.08 Å². The van der Waals surface area contributed by atoms with Crippen molar-refractivity contribution in [2.45, 2.75) is 58.3 Å². The lowest BCUT2D eigenvalue weighted by Crippen LogP contribution is -2.54. The molecular formula is C13H25NO3Si. The van der Waals surface area contributed by atoms with Gasteiger partial charge >= 0.3 is 5.97 Å². The largest absolute Gasteiger partial charge is 0.517 e. The molecule has 0 aliphatic heterocycles. The van der Waals surface area contributed by atoms with Gasteiger partial charge in [0.25, 0.3) is 8.32 Å². The van der Waals surface area contributed by atoms with Crippen molar-refractivity contribution in [3.63, 3.8) is 0 Å². The van der Waals surface area contributed by atoms with E-state index in [1.54, 1.807) is 13.8 Å². The number of carbonyl (C=O) groups excluding carboxylic acids is 2. The van der Waals surface area contributed by atoms with Crippen molar-refractivity contribution >= 4 is 20.2 Å². The van der Waals surface area contributed by atoms with Crippen molar-refractivity contribution in [1.82, 2.24) is 5.32 Å². The summed E-state index contributed by atoms with van der Waals surface area (Å²) in [4.78, 5) is 23.4. The normalized spacial score (nSPS) is 12.8. The molecule has 0 heterocycles. The molecule has 5 heteroatoms. The van der Waals surface area contributed by atoms with Crippen LogP contribution in [0.2, 0.25) is 18.1 Å². The van der Waals surface area contributed by atoms with E-state index in [2.05, 4.69) is 32.7 Å². The lowest BCUT2D eigenvalue weighted by molar-refractivity contribution is -0.143. The summed E-state index contributed by atoms with van der Waals surface area (Å²) >= 11 is 0. The molecule has 0 aromatic heterocycles. The minimum absolute atomic E-state index is 0.0544. The van der Waals surface area contributed by atoms with Crippen LogP contribution in [0, 0.1) is 0 Å². The van der Waals surface area contributed by atoms with Gasteiger partial charge in [-0.05, 0) is 38.1 Å². The van der Waals surface area contributed by atoms with Gasteiger partial charge in [0.1, 0.15) is 5.54 Å². The molecule has 0 aromatic rings. The van der Waals surface area contributed by atoms with E-state index >= 15 is 0 Å². The molecule has 18 heavy (non-hydrogen) atoms. The van der Waals surface area contributed by atoms with Gasteiger partial charge in [0, 0.05) is 0 Å². The summed E-state index contributed by atoms with van der Waals surface area (Å²) in [6, 6.07) is 0. The Bertz CT molecular complexity index is 354. The monoisotopic (exact) mass is 271 g/mol. The highest BCUT2D eigenvalue weighted by Gasteiger charge is 2.43. The van der Waals surface area contributed by atoms with Crippen molar-refractivity contribution in [1.29, 1.82) is 0 Å². The summed E-state index contributed by atoms with van der Waals surface area (Å²) in [6.45, 7) is 16.8. The fourth-order valence-corrected chi connectivity index (χ4v) is 1.95. The lowest BCUT2D eigenvalue weighted by Gasteiger charge is -2.38. The Labute approximate surface area is 111 Å². The molecule has 0 fully saturated rings. The van der Waals surface area contributed by atoms with Gasteiger partial charge in [-0.25, -0.2) is 0 Å². The molecule has 1 N–H and O–H groups in total. The summed E-state index contributed by atoms with van der Waals surface area (Å²) in [5, 5.41) is 2.52. The van der Waals surface area contributed by atoms with Crippen molar-refractivity contribution in [3.05, 3.63) is 12.7 Å². The quantitative estimate of drug-likeness (QED) is 0.631. The maximum absolute atomic E-state index is 12.1. The molecule has 0 rings (SSSR count). The van der Waals surface area contributed by atoms with E-state index in [0.29, 0.717) is 0 Å². The first-order valence-electron chi connectivity index (χ1n) is 6.01. The minimum Gasteiger partial charge on any atom is -0.517 e. The van der Waals surface area contributed by atoms with Gasteiger partial charge in [-0.15, -0.1) is 0 Å². The van der Waals surface area contributed by atoms with Crippen LogP contribution >= 0.6 is 0 Å². The van der Waals surface area contributed by atoms with Crippen LogP contribution in [0.25, 0.3) is 0 Å². The van der Waals surface area contributed by atoms with Crippen molar-refractivity contribution in [2.24, 2.45) is 0 Å². The van der Waals surface area contributed by atoms with Crippen molar-refractivity contribution in [3.8, 4) is 0 Å². The summed E-state index contributed by atoms with van der Waals surface area (Å²) in [5.41, 5.74) is -1.04. The zero-order valence-corrected chi connectivity index (χ0v) is 13.5. The van der Waals surface area contributed by atoms with Gasteiger partial charge in [-0.1, -0.05) is 27.4 Å². The van der Waals surface area contributed by atoms with Gasteiger partial charge in [-0.2, -0.15) is 0 Å². The van der Waals surface area contributed by atoms with Gasteiger partial charge in [0.2, 0.25) is 5.91 Å². The second-order valence-electron chi connectivity index (χ2n) is 6.47. The highest BCUT2D eigenvalue weighted by molar-refractivity contribution is 6.75. The molecule has 0 aromatic carbocycles. The predicted octanol–water partition coefficient (Wildman–Crippen LogP) is 2.62. The Morgan fingerprint density at radius 3 is 1.94 bits per heavy atom. The maximum Gasteiger partial charge on any atom is 0.318 e. The third-order valence-corrected chi connectivity index (χ3v) is 7.59. The van der Waals surface area contributed by atoms with E-state index in [-0.39, 0.29) is 10.9 Å². The van der Waals surface area contributed by atoms with E-state index in [4.69, 9.17) is 4.43 Å². The molecule has 0 atom stereocenters. The smallest absolute Gasteiger partial charge is 0.318 e. The number of nitrogens with one attached hydrogen (secondary N) is 1. The molecule has 0 unspecified atom stereocenters. The zero-order valence-electron chi connectivity index (χ0n) is 12.5. The van der Waals surface area contributed by atoms with Crippen LogP contribution in [0.1, 0.15) is 34.6 Å². The first-order valence-corrected chi connectivity index (χ1v) is 8.92. The van der Waals surface area contributed by atoms with Crippen LogP contribution in [0.3, 0.4) is 0 Å². The van der Waals surface area contributed by atoms with E-state index in [1.165, 1.54) is 0 Å². The number of amides is 1. The van der Waals surface area contributed by atoms with Crippen LogP contribution in [-0.2, 0) is 14.0 Å². The molecule has 1 amide bonds. The van der Waals surface area contributed by atoms with Crippen LogP contribution in [0.15, 0.2) is 12.7 Å². The standard InChI is InChI=1S/C13H25NO3Si/c1-9-10(15)14-13(5,6)11(16)17-18(7,8)12(2,3)4/h9H,1H2,2-8H3,(H,14,15). The fraction of sp³-hybridized carbons (Fsp3) is 0.692. The fourth-order valence-electron chi connectivity index (χ4n) is 0.922. The summed E-state index contributed by atoms with van der Waals surface area (Å²) in [6.07, 6.45) is 1.14. The average Bonchev–Trinajstić information content (AvgIpc) is 2.14. The highest BCUT2D eigenvalue weighted by atomic mass is 28.4. The van der Waals surface area contributed by atoms with Crippen LogP contribution in [0.4, 0.5) is 0 Å². The summed E-state index contributed by atoms with van der Waals surface area (Å²) < 4.78 is 5.66. The summed E-state index contributed by atoms with van der Waals surface area (Å²) in [5.74, 6) is -0.781. The second-order valence-corrected chi connectivity index (χ2v) is 11.2. The molecular weight excluding hydrogens is 246 g/mol. The van der Waals surface area contributed by atoms with Gasteiger partial charge in [0.15, 0.2) is 0 Å². The molecule has 0 saturated heterocycles. The SMILES string of the molecule is C=CC(=O)NC(C)(C)C(=O)O[Si](C)(C)C(C)(C)C. The first-order chi connectivity index (χ1) is 7.83. The molecule has 0 radical (unpaired) electrons. The Kier molecular flexibility index (Phi) is 4.94. The Morgan fingerprint density at radius 2 is 1.61 bits per heavy atom. The Hall–Kier alpha value is -1.10. The molecule has 104 valence electrons. The third-order valence-electron chi connectivity index (χ3n) is 3.29. The van der Waals surface area contributed by atoms with Crippen LogP contribution < -0.4 is 5.32 Å². The molecule has 4 nitrogen and oxygen atoms in total. The van der Waals surface area contributed by atoms with Gasteiger partial charge in [-0.3, -0.25) is 9.59 Å². The second kappa shape index (κ2) is 5.26. The number of carbonyl (C=O) groups is 2. The van der Waals surface area contributed by atoms with Gasteiger partial charge in [0.05, 0.1) is 0 Å². The highest BCUT2D eigenvalue weighted by Crippen LogP contribution is 2.37. The van der Waals surface area contributed by atoms with E-state index in [9.17, 15) is 9.59 Å².